The van der Waals surface area contributed by atoms with Gasteiger partial charge in [0.25, 0.3) is 17.5 Å². The van der Waals surface area contributed by atoms with Crippen LogP contribution in [0.5, 0.6) is 0 Å². The van der Waals surface area contributed by atoms with E-state index in [1.54, 1.807) is 6.92 Å². The number of nitrogens with one attached hydrogen (secondary N) is 1. The van der Waals surface area contributed by atoms with Gasteiger partial charge < -0.3 is 20.7 Å². The van der Waals surface area contributed by atoms with E-state index in [-0.39, 0.29) is 35.0 Å². The molecule has 2 heterocycles. The van der Waals surface area contributed by atoms with Gasteiger partial charge in [0.1, 0.15) is 5.00 Å². The first-order chi connectivity index (χ1) is 13.8. The van der Waals surface area contributed by atoms with Gasteiger partial charge in [-0.15, -0.1) is 11.3 Å². The lowest BCUT2D eigenvalue weighted by Gasteiger charge is -2.26. The van der Waals surface area contributed by atoms with Gasteiger partial charge in [-0.2, -0.15) is 0 Å². The van der Waals surface area contributed by atoms with Crippen molar-refractivity contribution in [3.05, 3.63) is 55.9 Å². The van der Waals surface area contributed by atoms with Crippen molar-refractivity contribution < 1.29 is 24.0 Å². The molecule has 0 aliphatic carbocycles. The Morgan fingerprint density at radius 3 is 2.59 bits per heavy atom. The Morgan fingerprint density at radius 2 is 2.00 bits per heavy atom. The summed E-state index contributed by atoms with van der Waals surface area (Å²) in [5.74, 6) is -1.20. The maximum Gasteiger partial charge on any atom is 0.410 e. The van der Waals surface area contributed by atoms with Crippen LogP contribution in [0.4, 0.5) is 15.5 Å². The monoisotopic (exact) mass is 418 g/mol. The molecule has 3 N–H and O–H groups in total. The molecule has 0 unspecified atom stereocenters. The molecule has 0 atom stereocenters. The normalized spacial score (nSPS) is 12.8. The molecule has 0 spiro atoms. The minimum Gasteiger partial charge on any atom is -0.450 e. The van der Waals surface area contributed by atoms with Crippen LogP contribution >= 0.6 is 11.3 Å². The van der Waals surface area contributed by atoms with Crippen molar-refractivity contribution in [1.29, 1.82) is 0 Å². The van der Waals surface area contributed by atoms with Crippen LogP contribution in [0.15, 0.2) is 24.3 Å². The molecule has 3 rings (SSSR count). The summed E-state index contributed by atoms with van der Waals surface area (Å²) in [6.45, 7) is 2.61. The highest BCUT2D eigenvalue weighted by Crippen LogP contribution is 2.37. The van der Waals surface area contributed by atoms with Crippen molar-refractivity contribution in [3.8, 4) is 0 Å². The molecular formula is C18H18N4O6S. The van der Waals surface area contributed by atoms with Gasteiger partial charge in [0.2, 0.25) is 0 Å². The number of rotatable bonds is 5. The van der Waals surface area contributed by atoms with Crippen LogP contribution in [0, 0.1) is 10.1 Å². The molecule has 0 fully saturated rings. The number of amides is 3. The number of non-ortho nitro benzene ring substituents is 1. The van der Waals surface area contributed by atoms with E-state index in [9.17, 15) is 24.5 Å². The number of nitro groups is 1. The third kappa shape index (κ3) is 4.19. The second-order valence-corrected chi connectivity index (χ2v) is 7.31. The second kappa shape index (κ2) is 8.27. The first-order valence-electron chi connectivity index (χ1n) is 8.73. The number of nitrogens with two attached hydrogens (primary N) is 1. The molecule has 0 saturated heterocycles. The lowest BCUT2D eigenvalue weighted by Crippen LogP contribution is -2.36. The molecule has 11 heteroatoms. The predicted octanol–water partition coefficient (Wildman–Crippen LogP) is 2.52. The van der Waals surface area contributed by atoms with E-state index in [4.69, 9.17) is 10.5 Å². The number of primary amides is 1. The average Bonchev–Trinajstić information content (AvgIpc) is 3.05. The van der Waals surface area contributed by atoms with Gasteiger partial charge in [-0.1, -0.05) is 0 Å². The predicted molar refractivity (Wildman–Crippen MR) is 105 cm³/mol. The van der Waals surface area contributed by atoms with E-state index in [0.717, 1.165) is 4.88 Å². The fraction of sp³-hybridized carbons (Fsp3) is 0.278. The fourth-order valence-electron chi connectivity index (χ4n) is 3.03. The average molecular weight is 418 g/mol. The van der Waals surface area contributed by atoms with Gasteiger partial charge in [-0.25, -0.2) is 4.79 Å². The summed E-state index contributed by atoms with van der Waals surface area (Å²) >= 11 is 1.17. The number of carbonyl (C=O) groups is 3. The summed E-state index contributed by atoms with van der Waals surface area (Å²) in [7, 11) is 0. The van der Waals surface area contributed by atoms with Crippen LogP contribution < -0.4 is 11.1 Å². The lowest BCUT2D eigenvalue weighted by molar-refractivity contribution is -0.384. The SMILES string of the molecule is CCOC(=O)N1CCc2c(sc(NC(=O)c3ccc([N+](=O)[O-])cc3)c2C(N)=O)C1. The molecule has 29 heavy (non-hydrogen) atoms. The number of nitro benzene ring substituents is 1. The van der Waals surface area contributed by atoms with Crippen molar-refractivity contribution >= 4 is 39.9 Å². The summed E-state index contributed by atoms with van der Waals surface area (Å²) in [6.07, 6.45) is -0.0281. The number of nitrogens with zero attached hydrogens (tertiary/aromatic N) is 2. The van der Waals surface area contributed by atoms with Gasteiger partial charge in [0, 0.05) is 29.1 Å². The minimum absolute atomic E-state index is 0.134. The summed E-state index contributed by atoms with van der Waals surface area (Å²) in [5.41, 5.74) is 6.53. The Kier molecular flexibility index (Phi) is 5.78. The summed E-state index contributed by atoms with van der Waals surface area (Å²) in [5, 5.41) is 13.7. The van der Waals surface area contributed by atoms with Crippen LogP contribution in [0.25, 0.3) is 0 Å². The number of ether oxygens (including phenoxy) is 1. The molecule has 0 bridgehead atoms. The fourth-order valence-corrected chi connectivity index (χ4v) is 4.30. The number of hydrogen-bond donors (Lipinski definition) is 2. The number of carbonyl (C=O) groups excluding carboxylic acids is 3. The molecule has 0 radical (unpaired) electrons. The van der Waals surface area contributed by atoms with Crippen LogP contribution in [-0.2, 0) is 17.7 Å². The largest absolute Gasteiger partial charge is 0.450 e. The molecule has 1 aliphatic rings. The molecule has 1 aliphatic heterocycles. The Hall–Kier alpha value is -3.47. The molecule has 152 valence electrons. The van der Waals surface area contributed by atoms with Crippen LogP contribution in [0.2, 0.25) is 0 Å². The molecular weight excluding hydrogens is 400 g/mol. The summed E-state index contributed by atoms with van der Waals surface area (Å²) < 4.78 is 5.01. The number of thiophene rings is 1. The zero-order valence-corrected chi connectivity index (χ0v) is 16.3. The van der Waals surface area contributed by atoms with Gasteiger partial charge in [0.15, 0.2) is 0 Å². The zero-order chi connectivity index (χ0) is 21.1. The van der Waals surface area contributed by atoms with Gasteiger partial charge >= 0.3 is 6.09 Å². The molecule has 2 aromatic rings. The second-order valence-electron chi connectivity index (χ2n) is 6.20. The van der Waals surface area contributed by atoms with E-state index in [2.05, 4.69) is 5.32 Å². The summed E-state index contributed by atoms with van der Waals surface area (Å²) in [6, 6.07) is 5.10. The van der Waals surface area contributed by atoms with Crippen LogP contribution in [0.3, 0.4) is 0 Å². The first-order valence-corrected chi connectivity index (χ1v) is 9.55. The van der Waals surface area contributed by atoms with Gasteiger partial charge in [-0.05, 0) is 31.0 Å². The minimum atomic E-state index is -0.675. The molecule has 1 aromatic heterocycles. The van der Waals surface area contributed by atoms with E-state index in [0.29, 0.717) is 18.5 Å². The Bertz CT molecular complexity index is 985. The van der Waals surface area contributed by atoms with Crippen molar-refractivity contribution in [1.82, 2.24) is 4.90 Å². The lowest BCUT2D eigenvalue weighted by atomic mass is 10.0. The first kappa shape index (κ1) is 20.3. The molecule has 0 saturated carbocycles. The van der Waals surface area contributed by atoms with Crippen LogP contribution in [0.1, 0.15) is 38.1 Å². The molecule has 3 amide bonds. The maximum atomic E-state index is 12.5. The number of fused-ring (bicyclic) bond motifs is 1. The highest BCUT2D eigenvalue weighted by molar-refractivity contribution is 7.17. The van der Waals surface area contributed by atoms with E-state index < -0.39 is 22.8 Å². The molecule has 10 nitrogen and oxygen atoms in total. The van der Waals surface area contributed by atoms with E-state index in [1.165, 1.54) is 40.5 Å². The Labute approximate surface area is 169 Å². The number of anilines is 1. The van der Waals surface area contributed by atoms with Gasteiger partial charge in [-0.3, -0.25) is 19.7 Å². The maximum absolute atomic E-state index is 12.5. The van der Waals surface area contributed by atoms with Gasteiger partial charge in [0.05, 0.1) is 23.6 Å². The van der Waals surface area contributed by atoms with Crippen molar-refractivity contribution in [2.75, 3.05) is 18.5 Å². The van der Waals surface area contributed by atoms with Crippen LogP contribution in [-0.4, -0.2) is 40.9 Å². The highest BCUT2D eigenvalue weighted by atomic mass is 32.1. The Morgan fingerprint density at radius 1 is 1.31 bits per heavy atom. The standard InChI is InChI=1S/C18H18N4O6S/c1-2-28-18(25)21-8-7-12-13(9-21)29-17(14(12)15(19)23)20-16(24)10-3-5-11(6-4-10)22(26)27/h3-6H,2,7-9H2,1H3,(H2,19,23)(H,20,24). The smallest absolute Gasteiger partial charge is 0.410 e. The number of hydrogen-bond acceptors (Lipinski definition) is 7. The highest BCUT2D eigenvalue weighted by Gasteiger charge is 2.30. The van der Waals surface area contributed by atoms with Crippen molar-refractivity contribution in [3.63, 3.8) is 0 Å². The topological polar surface area (TPSA) is 145 Å². The third-order valence-corrected chi connectivity index (χ3v) is 5.53. The quantitative estimate of drug-likeness (QED) is 0.564. The molecule has 1 aromatic carbocycles. The van der Waals surface area contributed by atoms with E-state index in [1.807, 2.05) is 0 Å². The Balaban J connectivity index is 1.84. The third-order valence-electron chi connectivity index (χ3n) is 4.40. The summed E-state index contributed by atoms with van der Waals surface area (Å²) in [4.78, 5) is 49.0. The van der Waals surface area contributed by atoms with Crippen molar-refractivity contribution in [2.24, 2.45) is 5.73 Å². The number of benzene rings is 1. The van der Waals surface area contributed by atoms with E-state index >= 15 is 0 Å². The zero-order valence-electron chi connectivity index (χ0n) is 15.5. The van der Waals surface area contributed by atoms with Crippen molar-refractivity contribution in [2.45, 2.75) is 19.9 Å².